The summed E-state index contributed by atoms with van der Waals surface area (Å²) in [7, 11) is 1.72. The van der Waals surface area contributed by atoms with Gasteiger partial charge in [-0.3, -0.25) is 4.79 Å². The van der Waals surface area contributed by atoms with Crippen LogP contribution in [0.15, 0.2) is 0 Å². The molecule has 1 fully saturated rings. The second-order valence-corrected chi connectivity index (χ2v) is 4.60. The van der Waals surface area contributed by atoms with Crippen LogP contribution in [0.3, 0.4) is 0 Å². The van der Waals surface area contributed by atoms with Crippen LogP contribution in [0.5, 0.6) is 0 Å². The van der Waals surface area contributed by atoms with Gasteiger partial charge in [-0.05, 0) is 31.6 Å². The first-order valence-electron chi connectivity index (χ1n) is 5.62. The van der Waals surface area contributed by atoms with E-state index in [-0.39, 0.29) is 11.3 Å². The SMILES string of the molecule is COCCC1(CNC(=O)[C@@H](C)N)CCC1. The minimum atomic E-state index is -0.412. The highest BCUT2D eigenvalue weighted by molar-refractivity contribution is 5.80. The van der Waals surface area contributed by atoms with E-state index in [1.54, 1.807) is 14.0 Å². The van der Waals surface area contributed by atoms with Crippen molar-refractivity contribution in [1.82, 2.24) is 5.32 Å². The van der Waals surface area contributed by atoms with Gasteiger partial charge in [-0.2, -0.15) is 0 Å². The summed E-state index contributed by atoms with van der Waals surface area (Å²) in [5, 5.41) is 2.91. The van der Waals surface area contributed by atoms with E-state index in [4.69, 9.17) is 10.5 Å². The average Bonchev–Trinajstić information content (AvgIpc) is 2.15. The minimum absolute atomic E-state index is 0.0568. The van der Waals surface area contributed by atoms with E-state index >= 15 is 0 Å². The van der Waals surface area contributed by atoms with Crippen LogP contribution in [0.4, 0.5) is 0 Å². The summed E-state index contributed by atoms with van der Waals surface area (Å²) in [5.74, 6) is -0.0568. The molecule has 3 N–H and O–H groups in total. The van der Waals surface area contributed by atoms with Crippen molar-refractivity contribution < 1.29 is 9.53 Å². The van der Waals surface area contributed by atoms with Crippen molar-refractivity contribution in [3.8, 4) is 0 Å². The molecule has 1 saturated carbocycles. The summed E-state index contributed by atoms with van der Waals surface area (Å²) in [5.41, 5.74) is 5.77. The number of amides is 1. The fourth-order valence-electron chi connectivity index (χ4n) is 1.95. The van der Waals surface area contributed by atoms with Crippen LogP contribution in [0.25, 0.3) is 0 Å². The van der Waals surface area contributed by atoms with Crippen molar-refractivity contribution in [1.29, 1.82) is 0 Å². The Morgan fingerprint density at radius 3 is 2.67 bits per heavy atom. The Hall–Kier alpha value is -0.610. The van der Waals surface area contributed by atoms with Gasteiger partial charge >= 0.3 is 0 Å². The Morgan fingerprint density at radius 2 is 2.27 bits per heavy atom. The molecule has 0 radical (unpaired) electrons. The predicted octanol–water partition coefficient (Wildman–Crippen LogP) is 0.657. The lowest BCUT2D eigenvalue weighted by molar-refractivity contribution is -0.123. The molecule has 1 aliphatic rings. The number of carbonyl (C=O) groups is 1. The maximum atomic E-state index is 11.3. The molecule has 0 spiro atoms. The van der Waals surface area contributed by atoms with Crippen LogP contribution < -0.4 is 11.1 Å². The molecule has 15 heavy (non-hydrogen) atoms. The Labute approximate surface area is 91.5 Å². The molecule has 0 aromatic rings. The van der Waals surface area contributed by atoms with Gasteiger partial charge in [0.2, 0.25) is 5.91 Å². The zero-order chi connectivity index (χ0) is 11.3. The lowest BCUT2D eigenvalue weighted by Gasteiger charge is -2.42. The third-order valence-corrected chi connectivity index (χ3v) is 3.30. The summed E-state index contributed by atoms with van der Waals surface area (Å²) < 4.78 is 5.09. The van der Waals surface area contributed by atoms with Crippen LogP contribution in [-0.2, 0) is 9.53 Å². The number of hydrogen-bond donors (Lipinski definition) is 2. The fraction of sp³-hybridized carbons (Fsp3) is 0.909. The van der Waals surface area contributed by atoms with E-state index < -0.39 is 6.04 Å². The van der Waals surface area contributed by atoms with Gasteiger partial charge in [0.25, 0.3) is 0 Å². The van der Waals surface area contributed by atoms with Crippen molar-refractivity contribution in [2.75, 3.05) is 20.3 Å². The number of nitrogens with one attached hydrogen (secondary N) is 1. The first-order chi connectivity index (χ1) is 7.09. The number of hydrogen-bond acceptors (Lipinski definition) is 3. The fourth-order valence-corrected chi connectivity index (χ4v) is 1.95. The highest BCUT2D eigenvalue weighted by atomic mass is 16.5. The Kier molecular flexibility index (Phi) is 4.54. The molecule has 0 bridgehead atoms. The number of ether oxygens (including phenoxy) is 1. The second-order valence-electron chi connectivity index (χ2n) is 4.60. The first-order valence-corrected chi connectivity index (χ1v) is 5.62. The van der Waals surface area contributed by atoms with Crippen molar-refractivity contribution >= 4 is 5.91 Å². The van der Waals surface area contributed by atoms with Gasteiger partial charge in [0.15, 0.2) is 0 Å². The van der Waals surface area contributed by atoms with Gasteiger partial charge in [0.05, 0.1) is 6.04 Å². The Balaban J connectivity index is 2.30. The topological polar surface area (TPSA) is 64.3 Å². The normalized spacial score (nSPS) is 20.5. The van der Waals surface area contributed by atoms with Crippen LogP contribution in [0.2, 0.25) is 0 Å². The van der Waals surface area contributed by atoms with Gasteiger partial charge in [-0.1, -0.05) is 6.42 Å². The van der Waals surface area contributed by atoms with Crippen LogP contribution in [-0.4, -0.2) is 32.2 Å². The third kappa shape index (κ3) is 3.47. The molecule has 1 amide bonds. The molecule has 0 aromatic heterocycles. The van der Waals surface area contributed by atoms with Gasteiger partial charge in [-0.25, -0.2) is 0 Å². The number of rotatable bonds is 6. The molecule has 0 aromatic carbocycles. The largest absolute Gasteiger partial charge is 0.385 e. The van der Waals surface area contributed by atoms with Crippen molar-refractivity contribution in [2.45, 2.75) is 38.6 Å². The first kappa shape index (κ1) is 12.5. The number of nitrogens with two attached hydrogens (primary N) is 1. The molecule has 0 unspecified atom stereocenters. The van der Waals surface area contributed by atoms with Crippen molar-refractivity contribution in [2.24, 2.45) is 11.1 Å². The van der Waals surface area contributed by atoms with Crippen LogP contribution in [0.1, 0.15) is 32.6 Å². The highest BCUT2D eigenvalue weighted by Gasteiger charge is 2.36. The highest BCUT2D eigenvalue weighted by Crippen LogP contribution is 2.43. The molecule has 0 aliphatic heterocycles. The summed E-state index contributed by atoms with van der Waals surface area (Å²) in [4.78, 5) is 11.3. The van der Waals surface area contributed by atoms with E-state index in [0.717, 1.165) is 19.6 Å². The number of methoxy groups -OCH3 is 1. The van der Waals surface area contributed by atoms with Gasteiger partial charge in [0.1, 0.15) is 0 Å². The summed E-state index contributed by atoms with van der Waals surface area (Å²) in [6, 6.07) is -0.412. The molecular formula is C11H22N2O2. The lowest BCUT2D eigenvalue weighted by atomic mass is 9.66. The summed E-state index contributed by atoms with van der Waals surface area (Å²) in [6.45, 7) is 3.22. The van der Waals surface area contributed by atoms with E-state index in [2.05, 4.69) is 5.32 Å². The quantitative estimate of drug-likeness (QED) is 0.682. The molecule has 0 heterocycles. The molecule has 1 aliphatic carbocycles. The summed E-state index contributed by atoms with van der Waals surface area (Å²) >= 11 is 0. The van der Waals surface area contributed by atoms with E-state index in [9.17, 15) is 4.79 Å². The monoisotopic (exact) mass is 214 g/mol. The van der Waals surface area contributed by atoms with Crippen LogP contribution in [0, 0.1) is 5.41 Å². The van der Waals surface area contributed by atoms with Gasteiger partial charge in [0, 0.05) is 20.3 Å². The maximum Gasteiger partial charge on any atom is 0.236 e. The van der Waals surface area contributed by atoms with E-state index in [1.165, 1.54) is 19.3 Å². The molecular weight excluding hydrogens is 192 g/mol. The maximum absolute atomic E-state index is 11.3. The van der Waals surface area contributed by atoms with E-state index in [1.807, 2.05) is 0 Å². The smallest absolute Gasteiger partial charge is 0.236 e. The zero-order valence-corrected chi connectivity index (χ0v) is 9.71. The lowest BCUT2D eigenvalue weighted by Crippen LogP contribution is -2.47. The third-order valence-electron chi connectivity index (χ3n) is 3.30. The molecule has 1 atom stereocenters. The Bertz CT molecular complexity index is 213. The molecule has 88 valence electrons. The molecule has 4 heteroatoms. The Morgan fingerprint density at radius 1 is 1.60 bits per heavy atom. The molecule has 4 nitrogen and oxygen atoms in total. The zero-order valence-electron chi connectivity index (χ0n) is 9.71. The molecule has 1 rings (SSSR count). The van der Waals surface area contributed by atoms with E-state index in [0.29, 0.717) is 0 Å². The van der Waals surface area contributed by atoms with Gasteiger partial charge < -0.3 is 15.8 Å². The second kappa shape index (κ2) is 5.47. The van der Waals surface area contributed by atoms with Crippen molar-refractivity contribution in [3.05, 3.63) is 0 Å². The van der Waals surface area contributed by atoms with Crippen LogP contribution >= 0.6 is 0 Å². The minimum Gasteiger partial charge on any atom is -0.385 e. The summed E-state index contributed by atoms with van der Waals surface area (Å²) in [6.07, 6.45) is 4.67. The molecule has 0 saturated heterocycles. The van der Waals surface area contributed by atoms with Gasteiger partial charge in [-0.15, -0.1) is 0 Å². The predicted molar refractivity (Wildman–Crippen MR) is 59.4 cm³/mol. The standard InChI is InChI=1S/C11H22N2O2/c1-9(12)10(14)13-8-11(4-3-5-11)6-7-15-2/h9H,3-8,12H2,1-2H3,(H,13,14)/t9-/m1/s1. The number of carbonyl (C=O) groups excluding carboxylic acids is 1. The average molecular weight is 214 g/mol. The van der Waals surface area contributed by atoms with Crippen molar-refractivity contribution in [3.63, 3.8) is 0 Å².